The lowest BCUT2D eigenvalue weighted by Crippen LogP contribution is -2.45. The summed E-state index contributed by atoms with van der Waals surface area (Å²) >= 11 is 0. The fraction of sp³-hybridized carbons (Fsp3) is 0.588. The summed E-state index contributed by atoms with van der Waals surface area (Å²) in [7, 11) is -2.01. The lowest BCUT2D eigenvalue weighted by Gasteiger charge is -2.40. The van der Waals surface area contributed by atoms with Gasteiger partial charge in [-0.3, -0.25) is 0 Å². The largest absolute Gasteiger partial charge is 0.489 e. The highest BCUT2D eigenvalue weighted by Crippen LogP contribution is 2.46. The number of hydrogen-bond acceptors (Lipinski definition) is 4. The Bertz CT molecular complexity index is 1010. The number of aliphatic hydroxyl groups excluding tert-OH is 2. The van der Waals surface area contributed by atoms with Crippen LogP contribution in [0, 0.1) is 17.8 Å². The highest BCUT2D eigenvalue weighted by atomic mass is 28.4. The highest BCUT2D eigenvalue weighted by molar-refractivity contribution is 6.74. The lowest BCUT2D eigenvalue weighted by molar-refractivity contribution is 0.146. The van der Waals surface area contributed by atoms with Crippen LogP contribution in [0.25, 0.3) is 0 Å². The molecule has 2 aromatic carbocycles. The van der Waals surface area contributed by atoms with Crippen LogP contribution in [0.15, 0.2) is 66.7 Å². The van der Waals surface area contributed by atoms with Gasteiger partial charge >= 0.3 is 0 Å². The highest BCUT2D eigenvalue weighted by Gasteiger charge is 2.47. The Hall–Kier alpha value is -1.92. The van der Waals surface area contributed by atoms with Gasteiger partial charge in [-0.25, -0.2) is 0 Å². The topological polar surface area (TPSA) is 58.9 Å². The van der Waals surface area contributed by atoms with Crippen molar-refractivity contribution in [1.82, 2.24) is 0 Å². The van der Waals surface area contributed by atoms with Gasteiger partial charge in [-0.2, -0.15) is 0 Å². The van der Waals surface area contributed by atoms with Crippen LogP contribution in [-0.2, 0) is 17.5 Å². The van der Waals surface area contributed by atoms with Crippen LogP contribution in [-0.4, -0.2) is 37.3 Å². The predicted molar refractivity (Wildman–Crippen MR) is 164 cm³/mol. The second-order valence-electron chi connectivity index (χ2n) is 12.9. The molecule has 1 saturated carbocycles. The number of hydrogen-bond donors (Lipinski definition) is 2. The molecule has 0 heterocycles. The summed E-state index contributed by atoms with van der Waals surface area (Å²) in [5, 5.41) is 21.2. The van der Waals surface area contributed by atoms with Crippen LogP contribution in [0.2, 0.25) is 18.1 Å². The summed E-state index contributed by atoms with van der Waals surface area (Å²) in [5.74, 6) is 1.39. The quantitative estimate of drug-likeness (QED) is 0.142. The van der Waals surface area contributed by atoms with Crippen molar-refractivity contribution in [2.75, 3.05) is 6.61 Å². The molecule has 0 aliphatic heterocycles. The minimum Gasteiger partial charge on any atom is -0.489 e. The van der Waals surface area contributed by atoms with E-state index in [1.807, 2.05) is 30.3 Å². The van der Waals surface area contributed by atoms with Crippen LogP contribution < -0.4 is 4.74 Å². The fourth-order valence-electron chi connectivity index (χ4n) is 5.41. The van der Waals surface area contributed by atoms with Gasteiger partial charge in [-0.15, -0.1) is 0 Å². The number of rotatable bonds is 14. The van der Waals surface area contributed by atoms with E-state index < -0.39 is 14.4 Å². The van der Waals surface area contributed by atoms with Crippen molar-refractivity contribution in [2.45, 2.75) is 103 Å². The molecule has 216 valence electrons. The first-order valence-corrected chi connectivity index (χ1v) is 17.9. The third-order valence-electron chi connectivity index (χ3n) is 8.83. The molecule has 1 unspecified atom stereocenters. The van der Waals surface area contributed by atoms with Crippen LogP contribution in [0.4, 0.5) is 0 Å². The molecule has 39 heavy (non-hydrogen) atoms. The maximum absolute atomic E-state index is 10.7. The summed E-state index contributed by atoms with van der Waals surface area (Å²) in [6.07, 6.45) is 9.62. The van der Waals surface area contributed by atoms with E-state index in [1.165, 1.54) is 5.56 Å². The van der Waals surface area contributed by atoms with Crippen LogP contribution >= 0.6 is 0 Å². The molecule has 0 saturated heterocycles. The third kappa shape index (κ3) is 9.31. The molecular formula is C34H52O4Si. The van der Waals surface area contributed by atoms with Crippen molar-refractivity contribution < 1.29 is 19.4 Å². The van der Waals surface area contributed by atoms with Crippen molar-refractivity contribution >= 4 is 8.32 Å². The standard InChI is InChI=1S/C34H52O4Si/c1-7-8-10-17-29(36)19-20-31-32(28(24-35)23-33(31)38-39(5,6)34(2,3)4)22-27-16-13-18-30(21-27)37-25-26-14-11-9-12-15-26/h9,11-16,18-21,28-29,31-33,35-36H,7-8,10,17,22-25H2,1-6H3/b20-19+/t28-,29+,31-,32+,33?/m1/s1. The molecule has 3 rings (SSSR count). The zero-order valence-electron chi connectivity index (χ0n) is 25.1. The average molecular weight is 553 g/mol. The molecule has 1 aliphatic carbocycles. The smallest absolute Gasteiger partial charge is 0.192 e. The molecule has 4 nitrogen and oxygen atoms in total. The van der Waals surface area contributed by atoms with Gasteiger partial charge in [-0.1, -0.05) is 102 Å². The Balaban J connectivity index is 1.80. The Morgan fingerprint density at radius 1 is 1.03 bits per heavy atom. The SMILES string of the molecule is CCCCC[C@H](O)/C=C/[C@H]1C(O[Si](C)(C)C(C)(C)C)C[C@H](CO)[C@@H]1Cc1cccc(OCc2ccccc2)c1. The van der Waals surface area contributed by atoms with Crippen LogP contribution in [0.1, 0.15) is 70.9 Å². The molecule has 5 heteroatoms. The van der Waals surface area contributed by atoms with Crippen molar-refractivity contribution in [1.29, 1.82) is 0 Å². The first-order chi connectivity index (χ1) is 18.5. The normalized spacial score (nSPS) is 22.9. The summed E-state index contributed by atoms with van der Waals surface area (Å²) in [4.78, 5) is 0. The van der Waals surface area contributed by atoms with Crippen molar-refractivity contribution in [3.63, 3.8) is 0 Å². The van der Waals surface area contributed by atoms with E-state index in [1.54, 1.807) is 0 Å². The minimum absolute atomic E-state index is 0.0460. The van der Waals surface area contributed by atoms with Gasteiger partial charge in [0.25, 0.3) is 0 Å². The summed E-state index contributed by atoms with van der Waals surface area (Å²) in [6.45, 7) is 14.3. The number of unbranched alkanes of at least 4 members (excludes halogenated alkanes) is 2. The molecule has 0 aromatic heterocycles. The van der Waals surface area contributed by atoms with Crippen LogP contribution in [0.5, 0.6) is 5.75 Å². The van der Waals surface area contributed by atoms with E-state index >= 15 is 0 Å². The lowest BCUT2D eigenvalue weighted by atomic mass is 9.83. The molecular weight excluding hydrogens is 500 g/mol. The third-order valence-corrected chi connectivity index (χ3v) is 13.3. The van der Waals surface area contributed by atoms with E-state index in [4.69, 9.17) is 9.16 Å². The van der Waals surface area contributed by atoms with Gasteiger partial charge in [0.2, 0.25) is 0 Å². The zero-order valence-corrected chi connectivity index (χ0v) is 26.1. The Morgan fingerprint density at radius 2 is 1.74 bits per heavy atom. The zero-order chi connectivity index (χ0) is 28.5. The van der Waals surface area contributed by atoms with E-state index in [9.17, 15) is 10.2 Å². The number of aliphatic hydroxyl groups is 2. The van der Waals surface area contributed by atoms with Crippen LogP contribution in [0.3, 0.4) is 0 Å². The summed E-state index contributed by atoms with van der Waals surface area (Å²) < 4.78 is 13.1. The molecule has 0 bridgehead atoms. The molecule has 0 amide bonds. The van der Waals surface area contributed by atoms with E-state index in [0.717, 1.165) is 49.8 Å². The summed E-state index contributed by atoms with van der Waals surface area (Å²) in [6, 6.07) is 18.6. The van der Waals surface area contributed by atoms with E-state index in [2.05, 4.69) is 77.2 Å². The predicted octanol–water partition coefficient (Wildman–Crippen LogP) is 7.94. The molecule has 2 N–H and O–H groups in total. The van der Waals surface area contributed by atoms with Gasteiger partial charge in [0.05, 0.1) is 12.2 Å². The van der Waals surface area contributed by atoms with Gasteiger partial charge in [0, 0.05) is 12.5 Å². The Labute approximate surface area is 238 Å². The molecule has 1 aliphatic rings. The summed E-state index contributed by atoms with van der Waals surface area (Å²) in [5.41, 5.74) is 2.35. The molecule has 0 radical (unpaired) electrons. The van der Waals surface area contributed by atoms with Gasteiger partial charge < -0.3 is 19.4 Å². The van der Waals surface area contributed by atoms with Crippen molar-refractivity contribution in [3.8, 4) is 5.75 Å². The molecule has 0 spiro atoms. The Kier molecular flexibility index (Phi) is 11.9. The molecule has 1 fully saturated rings. The fourth-order valence-corrected chi connectivity index (χ4v) is 6.78. The van der Waals surface area contributed by atoms with Gasteiger partial charge in [0.1, 0.15) is 12.4 Å². The maximum atomic E-state index is 10.7. The monoisotopic (exact) mass is 552 g/mol. The molecule has 5 atom stereocenters. The van der Waals surface area contributed by atoms with Crippen molar-refractivity contribution in [2.24, 2.45) is 17.8 Å². The van der Waals surface area contributed by atoms with E-state index in [-0.39, 0.29) is 35.5 Å². The first-order valence-electron chi connectivity index (χ1n) is 14.9. The maximum Gasteiger partial charge on any atom is 0.192 e. The van der Waals surface area contributed by atoms with Gasteiger partial charge in [0.15, 0.2) is 8.32 Å². The van der Waals surface area contributed by atoms with E-state index in [0.29, 0.717) is 6.61 Å². The number of ether oxygens (including phenoxy) is 1. The Morgan fingerprint density at radius 3 is 2.41 bits per heavy atom. The molecule has 2 aromatic rings. The number of benzene rings is 2. The average Bonchev–Trinajstić information content (AvgIpc) is 3.21. The second kappa shape index (κ2) is 14.6. The first kappa shape index (κ1) is 31.6. The van der Waals surface area contributed by atoms with Gasteiger partial charge in [-0.05, 0) is 72.5 Å². The van der Waals surface area contributed by atoms with Crippen molar-refractivity contribution in [3.05, 3.63) is 77.9 Å². The second-order valence-corrected chi connectivity index (χ2v) is 17.7. The minimum atomic E-state index is -2.01.